The van der Waals surface area contributed by atoms with Crippen molar-refractivity contribution >= 4 is 5.91 Å². The Morgan fingerprint density at radius 1 is 1.50 bits per heavy atom. The molecule has 1 amide bonds. The molecule has 0 saturated heterocycles. The van der Waals surface area contributed by atoms with E-state index in [-0.39, 0.29) is 5.91 Å². The molecule has 2 rings (SSSR count). The summed E-state index contributed by atoms with van der Waals surface area (Å²) in [6.07, 6.45) is 3.22. The monoisotopic (exact) mass is 268 g/mol. The first kappa shape index (κ1) is 13.8. The second-order valence-electron chi connectivity index (χ2n) is 4.29. The van der Waals surface area contributed by atoms with E-state index in [4.69, 9.17) is 5.73 Å². The molecule has 0 bridgehead atoms. The van der Waals surface area contributed by atoms with Crippen LogP contribution in [-0.2, 0) is 13.6 Å². The van der Waals surface area contributed by atoms with Crippen molar-refractivity contribution in [3.05, 3.63) is 53.3 Å². The number of aromatic nitrogens is 2. The van der Waals surface area contributed by atoms with Gasteiger partial charge in [-0.3, -0.25) is 9.48 Å². The third-order valence-electron chi connectivity index (χ3n) is 2.68. The van der Waals surface area contributed by atoms with Crippen LogP contribution in [0.5, 0.6) is 0 Å². The number of nitrogens with two attached hydrogens (primary N) is 1. The van der Waals surface area contributed by atoms with Crippen LogP contribution >= 0.6 is 0 Å². The van der Waals surface area contributed by atoms with Crippen LogP contribution in [0.25, 0.3) is 0 Å². The molecule has 0 saturated carbocycles. The van der Waals surface area contributed by atoms with Crippen LogP contribution < -0.4 is 11.1 Å². The van der Waals surface area contributed by atoms with Gasteiger partial charge in [0.2, 0.25) is 0 Å². The summed E-state index contributed by atoms with van der Waals surface area (Å²) in [6.45, 7) is 0.786. The topological polar surface area (TPSA) is 72.9 Å². The quantitative estimate of drug-likeness (QED) is 0.803. The number of carbonyl (C=O) groups is 1. The van der Waals surface area contributed by atoms with Gasteiger partial charge in [0.05, 0.1) is 18.3 Å². The predicted molar refractivity (Wildman–Crippen MR) is 76.8 cm³/mol. The molecule has 2 aromatic rings. The Kier molecular flexibility index (Phi) is 4.53. The van der Waals surface area contributed by atoms with E-state index >= 15 is 0 Å². The van der Waals surface area contributed by atoms with E-state index < -0.39 is 0 Å². The second kappa shape index (κ2) is 6.55. The zero-order valence-electron chi connectivity index (χ0n) is 11.3. The van der Waals surface area contributed by atoms with E-state index in [0.717, 1.165) is 11.1 Å². The second-order valence-corrected chi connectivity index (χ2v) is 4.29. The highest BCUT2D eigenvalue weighted by Gasteiger charge is 2.07. The number of benzene rings is 1. The molecular formula is C15H16N4O. The molecule has 0 aliphatic heterocycles. The van der Waals surface area contributed by atoms with Crippen molar-refractivity contribution in [3.63, 3.8) is 0 Å². The SMILES string of the molecule is Cn1cc(C(=O)NCc2cccc(C#CCN)c2)cn1. The fraction of sp³-hybridized carbons (Fsp3) is 0.200. The molecule has 5 nitrogen and oxygen atoms in total. The molecule has 5 heteroatoms. The van der Waals surface area contributed by atoms with Gasteiger partial charge >= 0.3 is 0 Å². The average Bonchev–Trinajstić information content (AvgIpc) is 2.90. The van der Waals surface area contributed by atoms with Gasteiger partial charge in [-0.15, -0.1) is 0 Å². The minimum absolute atomic E-state index is 0.142. The van der Waals surface area contributed by atoms with Gasteiger partial charge in [0.1, 0.15) is 0 Å². The third-order valence-corrected chi connectivity index (χ3v) is 2.68. The number of nitrogens with one attached hydrogen (secondary N) is 1. The van der Waals surface area contributed by atoms with Gasteiger partial charge in [-0.1, -0.05) is 24.0 Å². The molecule has 102 valence electrons. The predicted octanol–water partition coefficient (Wildman–Crippen LogP) is 0.660. The van der Waals surface area contributed by atoms with Crippen LogP contribution in [0.15, 0.2) is 36.7 Å². The van der Waals surface area contributed by atoms with Crippen LogP contribution in [0.1, 0.15) is 21.5 Å². The van der Waals surface area contributed by atoms with Crippen molar-refractivity contribution < 1.29 is 4.79 Å². The highest BCUT2D eigenvalue weighted by Crippen LogP contribution is 2.04. The molecule has 3 N–H and O–H groups in total. The summed E-state index contributed by atoms with van der Waals surface area (Å²) in [5.41, 5.74) is 7.77. The molecular weight excluding hydrogens is 252 g/mol. The van der Waals surface area contributed by atoms with Gasteiger partial charge in [0.15, 0.2) is 0 Å². The number of rotatable bonds is 3. The van der Waals surface area contributed by atoms with Gasteiger partial charge in [-0.2, -0.15) is 5.10 Å². The van der Waals surface area contributed by atoms with E-state index in [0.29, 0.717) is 18.7 Å². The molecule has 0 aliphatic rings. The molecule has 0 radical (unpaired) electrons. The maximum atomic E-state index is 11.9. The lowest BCUT2D eigenvalue weighted by Gasteiger charge is -2.04. The largest absolute Gasteiger partial charge is 0.348 e. The minimum atomic E-state index is -0.142. The smallest absolute Gasteiger partial charge is 0.254 e. The zero-order chi connectivity index (χ0) is 14.4. The molecule has 0 unspecified atom stereocenters. The van der Waals surface area contributed by atoms with Crippen molar-refractivity contribution in [3.8, 4) is 11.8 Å². The van der Waals surface area contributed by atoms with Crippen molar-refractivity contribution in [1.82, 2.24) is 15.1 Å². The maximum Gasteiger partial charge on any atom is 0.254 e. The van der Waals surface area contributed by atoms with E-state index in [1.165, 1.54) is 0 Å². The van der Waals surface area contributed by atoms with Gasteiger partial charge in [-0.25, -0.2) is 0 Å². The van der Waals surface area contributed by atoms with Crippen LogP contribution in [0.3, 0.4) is 0 Å². The fourth-order valence-electron chi connectivity index (χ4n) is 1.74. The van der Waals surface area contributed by atoms with E-state index in [1.807, 2.05) is 24.3 Å². The number of aryl methyl sites for hydroxylation is 1. The first-order chi connectivity index (χ1) is 9.69. The summed E-state index contributed by atoms with van der Waals surface area (Å²) in [7, 11) is 1.77. The van der Waals surface area contributed by atoms with Crippen molar-refractivity contribution in [1.29, 1.82) is 0 Å². The summed E-state index contributed by atoms with van der Waals surface area (Å²) in [5.74, 6) is 5.63. The number of carbonyl (C=O) groups excluding carboxylic acids is 1. The fourth-order valence-corrected chi connectivity index (χ4v) is 1.74. The molecule has 0 fully saturated rings. The van der Waals surface area contributed by atoms with Gasteiger partial charge < -0.3 is 11.1 Å². The van der Waals surface area contributed by atoms with Crippen molar-refractivity contribution in [2.75, 3.05) is 6.54 Å². The average molecular weight is 268 g/mol. The minimum Gasteiger partial charge on any atom is -0.348 e. The summed E-state index contributed by atoms with van der Waals surface area (Å²) in [5, 5.41) is 6.81. The van der Waals surface area contributed by atoms with E-state index in [2.05, 4.69) is 22.3 Å². The maximum absolute atomic E-state index is 11.9. The number of nitrogens with zero attached hydrogens (tertiary/aromatic N) is 2. The first-order valence-corrected chi connectivity index (χ1v) is 6.24. The molecule has 0 spiro atoms. The number of amides is 1. The van der Waals surface area contributed by atoms with Crippen LogP contribution in [0.2, 0.25) is 0 Å². The first-order valence-electron chi connectivity index (χ1n) is 6.24. The van der Waals surface area contributed by atoms with Crippen LogP contribution in [-0.4, -0.2) is 22.2 Å². The lowest BCUT2D eigenvalue weighted by molar-refractivity contribution is 0.0951. The Bertz CT molecular complexity index is 664. The standard InChI is InChI=1S/C15H16N4O/c1-19-11-14(10-18-19)15(20)17-9-13-5-2-4-12(8-13)6-3-7-16/h2,4-5,8,10-11H,7,9,16H2,1H3,(H,17,20). The summed E-state index contributed by atoms with van der Waals surface area (Å²) in [6, 6.07) is 7.70. The summed E-state index contributed by atoms with van der Waals surface area (Å²) < 4.78 is 1.60. The van der Waals surface area contributed by atoms with E-state index in [1.54, 1.807) is 24.1 Å². The molecule has 0 aliphatic carbocycles. The normalized spacial score (nSPS) is 9.70. The number of hydrogen-bond donors (Lipinski definition) is 2. The number of hydrogen-bond acceptors (Lipinski definition) is 3. The highest BCUT2D eigenvalue weighted by atomic mass is 16.1. The zero-order valence-corrected chi connectivity index (χ0v) is 11.3. The lowest BCUT2D eigenvalue weighted by atomic mass is 10.1. The van der Waals surface area contributed by atoms with Gasteiger partial charge in [0.25, 0.3) is 5.91 Å². The Morgan fingerprint density at radius 2 is 2.35 bits per heavy atom. The molecule has 1 heterocycles. The van der Waals surface area contributed by atoms with Crippen LogP contribution in [0, 0.1) is 11.8 Å². The third kappa shape index (κ3) is 3.70. The van der Waals surface area contributed by atoms with Crippen molar-refractivity contribution in [2.24, 2.45) is 12.8 Å². The van der Waals surface area contributed by atoms with Crippen LogP contribution in [0.4, 0.5) is 0 Å². The molecule has 1 aromatic carbocycles. The molecule has 0 atom stereocenters. The molecule has 1 aromatic heterocycles. The Labute approximate surface area is 117 Å². The molecule has 20 heavy (non-hydrogen) atoms. The van der Waals surface area contributed by atoms with Gasteiger partial charge in [0, 0.05) is 25.4 Å². The van der Waals surface area contributed by atoms with Gasteiger partial charge in [-0.05, 0) is 17.7 Å². The Balaban J connectivity index is 1.98. The Morgan fingerprint density at radius 3 is 3.05 bits per heavy atom. The van der Waals surface area contributed by atoms with Crippen molar-refractivity contribution in [2.45, 2.75) is 6.54 Å². The lowest BCUT2D eigenvalue weighted by Crippen LogP contribution is -2.22. The highest BCUT2D eigenvalue weighted by molar-refractivity contribution is 5.93. The Hall–Kier alpha value is -2.58. The summed E-state index contributed by atoms with van der Waals surface area (Å²) in [4.78, 5) is 11.9. The summed E-state index contributed by atoms with van der Waals surface area (Å²) >= 11 is 0. The van der Waals surface area contributed by atoms with E-state index in [9.17, 15) is 4.79 Å².